The molecule has 0 aromatic heterocycles. The van der Waals surface area contributed by atoms with Crippen molar-refractivity contribution in [3.05, 3.63) is 35.4 Å². The number of Topliss-reactive ketones (excluding diaryl/α,β-unsaturated/α-hetero) is 1. The number of halogens is 2. The summed E-state index contributed by atoms with van der Waals surface area (Å²) in [6.45, 7) is 0.801. The fourth-order valence-electron chi connectivity index (χ4n) is 3.53. The average Bonchev–Trinajstić information content (AvgIpc) is 3.38. The molecule has 0 aliphatic heterocycles. The molecule has 1 amide bonds. The van der Waals surface area contributed by atoms with Crippen molar-refractivity contribution in [2.75, 3.05) is 13.1 Å². The molecule has 2 saturated carbocycles. The number of nitrogens with one attached hydrogen (secondary N) is 1. The van der Waals surface area contributed by atoms with E-state index in [-0.39, 0.29) is 42.9 Å². The van der Waals surface area contributed by atoms with Gasteiger partial charge >= 0.3 is 5.97 Å². The van der Waals surface area contributed by atoms with Crippen molar-refractivity contribution >= 4 is 17.7 Å². The Bertz CT molecular complexity index is 761. The smallest absolute Gasteiger partial charge is 0.317 e. The van der Waals surface area contributed by atoms with Crippen molar-refractivity contribution in [3.63, 3.8) is 0 Å². The summed E-state index contributed by atoms with van der Waals surface area (Å²) >= 11 is 0. The first kappa shape index (κ1) is 20.4. The molecule has 3 rings (SSSR count). The van der Waals surface area contributed by atoms with Crippen molar-refractivity contribution in [3.8, 4) is 0 Å². The number of amides is 1. The Morgan fingerprint density at radius 2 is 1.86 bits per heavy atom. The Morgan fingerprint density at radius 1 is 1.14 bits per heavy atom. The van der Waals surface area contributed by atoms with Crippen LogP contribution < -0.4 is 5.32 Å². The van der Waals surface area contributed by atoms with E-state index in [9.17, 15) is 23.2 Å². The fourth-order valence-corrected chi connectivity index (χ4v) is 3.53. The average molecular weight is 394 g/mol. The first-order chi connectivity index (χ1) is 13.3. The van der Waals surface area contributed by atoms with Gasteiger partial charge in [-0.05, 0) is 43.7 Å². The first-order valence-electron chi connectivity index (χ1n) is 9.55. The minimum Gasteiger partial charge on any atom is -0.480 e. The number of carbonyl (C=O) groups excluding carboxylic acids is 2. The molecular formula is C20H24F2N2O4. The fraction of sp³-hybridized carbons (Fsp3) is 0.550. The highest BCUT2D eigenvalue weighted by Crippen LogP contribution is 2.33. The van der Waals surface area contributed by atoms with Crippen LogP contribution >= 0.6 is 0 Å². The van der Waals surface area contributed by atoms with E-state index in [4.69, 9.17) is 5.11 Å². The van der Waals surface area contributed by atoms with Crippen molar-refractivity contribution < 1.29 is 28.3 Å². The molecule has 0 saturated heterocycles. The maximum Gasteiger partial charge on any atom is 0.317 e. The summed E-state index contributed by atoms with van der Waals surface area (Å²) in [5.74, 6) is -2.79. The molecule has 1 aromatic rings. The van der Waals surface area contributed by atoms with Crippen molar-refractivity contribution in [2.24, 2.45) is 5.92 Å². The highest BCUT2D eigenvalue weighted by atomic mass is 19.1. The summed E-state index contributed by atoms with van der Waals surface area (Å²) in [5.41, 5.74) is -0.220. The third-order valence-electron chi connectivity index (χ3n) is 5.33. The van der Waals surface area contributed by atoms with Crippen LogP contribution in [0.25, 0.3) is 0 Å². The van der Waals surface area contributed by atoms with E-state index < -0.39 is 23.4 Å². The van der Waals surface area contributed by atoms with Crippen LogP contribution in [0.3, 0.4) is 0 Å². The molecule has 2 aliphatic rings. The van der Waals surface area contributed by atoms with Crippen molar-refractivity contribution in [1.82, 2.24) is 10.2 Å². The predicted octanol–water partition coefficient (Wildman–Crippen LogP) is 2.37. The molecule has 2 fully saturated rings. The number of hydrogen-bond acceptors (Lipinski definition) is 4. The zero-order chi connectivity index (χ0) is 20.3. The lowest BCUT2D eigenvalue weighted by molar-refractivity contribution is -0.140. The highest BCUT2D eigenvalue weighted by Gasteiger charge is 2.37. The number of nitrogens with zero attached hydrogens (tertiary/aromatic N) is 1. The lowest BCUT2D eigenvalue weighted by atomic mass is 9.85. The van der Waals surface area contributed by atoms with Gasteiger partial charge < -0.3 is 10.4 Å². The second-order valence-corrected chi connectivity index (χ2v) is 7.70. The van der Waals surface area contributed by atoms with Gasteiger partial charge in [-0.3, -0.25) is 19.3 Å². The molecule has 0 heterocycles. The maximum atomic E-state index is 13.6. The van der Waals surface area contributed by atoms with Gasteiger partial charge in [0.15, 0.2) is 5.78 Å². The summed E-state index contributed by atoms with van der Waals surface area (Å²) in [4.78, 5) is 37.0. The third-order valence-corrected chi connectivity index (χ3v) is 5.33. The van der Waals surface area contributed by atoms with Gasteiger partial charge in [0, 0.05) is 37.5 Å². The molecule has 0 atom stereocenters. The Labute approximate surface area is 161 Å². The van der Waals surface area contributed by atoms with Gasteiger partial charge in [-0.15, -0.1) is 0 Å². The van der Waals surface area contributed by atoms with Crippen LogP contribution in [0.15, 0.2) is 18.2 Å². The molecule has 6 nitrogen and oxygen atoms in total. The Hall–Kier alpha value is -2.35. The predicted molar refractivity (Wildman–Crippen MR) is 96.8 cm³/mol. The van der Waals surface area contributed by atoms with Crippen LogP contribution in [0.5, 0.6) is 0 Å². The van der Waals surface area contributed by atoms with E-state index in [1.165, 1.54) is 0 Å². The zero-order valence-electron chi connectivity index (χ0n) is 15.5. The Balaban J connectivity index is 1.39. The summed E-state index contributed by atoms with van der Waals surface area (Å²) in [6, 6.07) is 2.85. The number of aliphatic carboxylic acids is 1. The van der Waals surface area contributed by atoms with E-state index in [1.54, 1.807) is 0 Å². The number of rotatable bonds is 10. The van der Waals surface area contributed by atoms with Crippen LogP contribution in [-0.4, -0.2) is 52.8 Å². The summed E-state index contributed by atoms with van der Waals surface area (Å²) in [6.07, 6.45) is 3.44. The van der Waals surface area contributed by atoms with Gasteiger partial charge in [0.25, 0.3) is 0 Å². The van der Waals surface area contributed by atoms with Gasteiger partial charge in [0.05, 0.1) is 12.1 Å². The quantitative estimate of drug-likeness (QED) is 0.595. The highest BCUT2D eigenvalue weighted by molar-refractivity contribution is 5.98. The molecular weight excluding hydrogens is 370 g/mol. The standard InChI is InChI=1S/C20H24F2N2O4/c21-13-3-4-16(17(22)7-13)18(25)5-6-19(26)23-14-8-15(9-14)24(11-20(27)28)10-12-1-2-12/h3-4,7,12,14-15H,1-2,5-6,8-11H2,(H,23,26)(H,27,28). The molecule has 2 aliphatic carbocycles. The molecule has 28 heavy (non-hydrogen) atoms. The number of ketones is 1. The topological polar surface area (TPSA) is 86.7 Å². The Morgan fingerprint density at radius 3 is 2.46 bits per heavy atom. The first-order valence-corrected chi connectivity index (χ1v) is 9.55. The van der Waals surface area contributed by atoms with E-state index in [0.29, 0.717) is 24.8 Å². The van der Waals surface area contributed by atoms with E-state index in [0.717, 1.165) is 31.5 Å². The van der Waals surface area contributed by atoms with E-state index in [1.807, 2.05) is 4.90 Å². The molecule has 0 bridgehead atoms. The molecule has 8 heteroatoms. The van der Waals surface area contributed by atoms with Crippen molar-refractivity contribution in [2.45, 2.75) is 50.6 Å². The van der Waals surface area contributed by atoms with Crippen LogP contribution in [0.1, 0.15) is 48.9 Å². The monoisotopic (exact) mass is 394 g/mol. The molecule has 152 valence electrons. The minimum absolute atomic E-state index is 0.0135. The molecule has 0 unspecified atom stereocenters. The summed E-state index contributed by atoms with van der Waals surface area (Å²) < 4.78 is 26.5. The number of carboxylic acids is 1. The normalized spacial score (nSPS) is 21.2. The zero-order valence-corrected chi connectivity index (χ0v) is 15.5. The molecule has 1 aromatic carbocycles. The van der Waals surface area contributed by atoms with Crippen LogP contribution in [0, 0.1) is 17.6 Å². The number of carbonyl (C=O) groups is 3. The SMILES string of the molecule is O=C(O)CN(CC1CC1)C1CC(NC(=O)CCC(=O)c2ccc(F)cc2F)C1. The largest absolute Gasteiger partial charge is 0.480 e. The number of carboxylic acid groups (broad SMARTS) is 1. The summed E-state index contributed by atoms with van der Waals surface area (Å²) in [7, 11) is 0. The summed E-state index contributed by atoms with van der Waals surface area (Å²) in [5, 5.41) is 11.9. The van der Waals surface area contributed by atoms with E-state index in [2.05, 4.69) is 5.32 Å². The van der Waals surface area contributed by atoms with Crippen LogP contribution in [-0.2, 0) is 9.59 Å². The Kier molecular flexibility index (Phi) is 6.39. The van der Waals surface area contributed by atoms with Crippen LogP contribution in [0.4, 0.5) is 8.78 Å². The number of hydrogen-bond donors (Lipinski definition) is 2. The van der Waals surface area contributed by atoms with Gasteiger partial charge in [-0.25, -0.2) is 8.78 Å². The van der Waals surface area contributed by atoms with Gasteiger partial charge in [-0.2, -0.15) is 0 Å². The van der Waals surface area contributed by atoms with E-state index >= 15 is 0 Å². The molecule has 0 radical (unpaired) electrons. The van der Waals surface area contributed by atoms with Crippen molar-refractivity contribution in [1.29, 1.82) is 0 Å². The van der Waals surface area contributed by atoms with Crippen LogP contribution in [0.2, 0.25) is 0 Å². The molecule has 0 spiro atoms. The minimum atomic E-state index is -0.929. The van der Waals surface area contributed by atoms with Gasteiger partial charge in [0.2, 0.25) is 5.91 Å². The molecule has 2 N–H and O–H groups in total. The maximum absolute atomic E-state index is 13.6. The second kappa shape index (κ2) is 8.77. The lowest BCUT2D eigenvalue weighted by Crippen LogP contribution is -2.55. The van der Waals surface area contributed by atoms with Gasteiger partial charge in [0.1, 0.15) is 11.6 Å². The third kappa shape index (κ3) is 5.58. The number of benzene rings is 1. The van der Waals surface area contributed by atoms with Gasteiger partial charge in [-0.1, -0.05) is 0 Å². The lowest BCUT2D eigenvalue weighted by Gasteiger charge is -2.42. The second-order valence-electron chi connectivity index (χ2n) is 7.70.